The number of phosphoric ester groups is 5. The van der Waals surface area contributed by atoms with E-state index in [9.17, 15) is 85.8 Å². The number of hydrogen-bond acceptors (Lipinski definition) is 32. The summed E-state index contributed by atoms with van der Waals surface area (Å²) < 4.78 is 132. The van der Waals surface area contributed by atoms with Crippen molar-refractivity contribution in [3.63, 3.8) is 0 Å². The summed E-state index contributed by atoms with van der Waals surface area (Å²) in [6.45, 7) is -0.599. The number of aromatic nitrogens is 10. The van der Waals surface area contributed by atoms with Crippen molar-refractivity contribution in [1.82, 2.24) is 48.2 Å². The minimum absolute atomic E-state index is 0.000706. The Balaban J connectivity index is 0.918. The zero-order valence-electron chi connectivity index (χ0n) is 44.2. The number of nitrogens with one attached hydrogen (secondary N) is 3. The van der Waals surface area contributed by atoms with Crippen LogP contribution in [0.3, 0.4) is 0 Å². The van der Waals surface area contributed by atoms with Gasteiger partial charge in [-0.25, -0.2) is 29.3 Å². The second kappa shape index (κ2) is 25.3. The monoisotopic (exact) mass is 1320 g/mol. The molecule has 0 spiro atoms. The Hall–Kier alpha value is -5.22. The van der Waals surface area contributed by atoms with Crippen LogP contribution in [0.5, 0.6) is 0 Å². The van der Waals surface area contributed by atoms with Gasteiger partial charge in [-0.1, -0.05) is 0 Å². The summed E-state index contributed by atoms with van der Waals surface area (Å²) in [7, 11) is -28.3. The Morgan fingerprint density at radius 2 is 0.837 bits per heavy atom. The number of rotatable bonds is 24. The lowest BCUT2D eigenvalue weighted by Gasteiger charge is -2.32. The fourth-order valence-corrected chi connectivity index (χ4v) is 13.2. The molecule has 9 rings (SSSR count). The molecule has 9 heterocycles. The molecule has 0 aromatic carbocycles. The zero-order chi connectivity index (χ0) is 62.6. The van der Waals surface area contributed by atoms with Crippen LogP contribution >= 0.6 is 39.1 Å². The van der Waals surface area contributed by atoms with E-state index < -0.39 is 199 Å². The molecule has 0 amide bonds. The lowest BCUT2D eigenvalue weighted by Crippen LogP contribution is -2.34. The topological polar surface area (TPSA) is 586 Å². The van der Waals surface area contributed by atoms with Gasteiger partial charge in [0.2, 0.25) is 0 Å². The molecule has 4 aliphatic heterocycles. The molecule has 474 valence electrons. The smallest absolute Gasteiger partial charge is 0.330 e. The number of imidazole rings is 1. The first-order chi connectivity index (χ1) is 40.1. The van der Waals surface area contributed by atoms with E-state index in [2.05, 4.69) is 19.5 Å². The Morgan fingerprint density at radius 1 is 0.512 bits per heavy atom. The number of fused-ring (bicyclic) bond motifs is 1. The van der Waals surface area contributed by atoms with Crippen LogP contribution in [0, 0.1) is 20.8 Å². The number of nitrogens with zero attached hydrogens (tertiary/aromatic N) is 7. The van der Waals surface area contributed by atoms with Gasteiger partial charge in [-0.05, 0) is 20.8 Å². The highest BCUT2D eigenvalue weighted by Gasteiger charge is 2.46. The minimum Gasteiger partial charge on any atom is -0.756 e. The second-order valence-electron chi connectivity index (χ2n) is 19.5. The Morgan fingerprint density at radius 3 is 1.17 bits per heavy atom. The number of hydrogen-bond donors (Lipinski definition) is 6. The number of H-pyrrole nitrogens is 3. The SMILES string of the molecule is Cc1cn([C@H]2C[C@H](OP(=O)([O-])O)[C@@H](COP(=O)([O-])O[C@H]3C[C@H](n4cnc5c(N)ncnc54)O[C@@H]3COP(=O)([O-])O[C@H]3C[C@H](n4cc(C)c(=O)[nH]c4=O)O[C@@H]3COP(=O)([O-])O[C@H]3C[C@H](n4cc(C)c(=O)[nH]c4=O)O[C@@H]3COP(=O)([O-])O)O2)c(=O)[nH]c1=O. The minimum atomic E-state index is -5.81. The fraction of sp³-hybridized carbons (Fsp3) is 0.575. The van der Waals surface area contributed by atoms with E-state index in [1.807, 2.05) is 15.0 Å². The average molecular weight is 1320 g/mol. The molecule has 5 aromatic heterocycles. The van der Waals surface area contributed by atoms with Crippen molar-refractivity contribution >= 4 is 56.1 Å². The van der Waals surface area contributed by atoms with Crippen LogP contribution in [0.25, 0.3) is 11.2 Å². The number of nitrogens with two attached hydrogens (primary N) is 1. The standard InChI is InChI=1S/C40H54N11O30P5/c1-17-8-48(38(55)45-35(17)52)28-4-20(78-83(61,62)63)25(75-28)12-71-84(64,65)81-23-7-31(51-16-44-32-33(41)42-15-43-34(32)51)77-27(23)14-73-86(68,69)80-22-6-30(50-10-19(3)37(54)47-40(50)57)76-26(22)13-72-85(66,67)79-21-5-29(74-24(21)11-70-82(58,59)60)49-9-18(2)36(53)46-39(49)56/h8-10,15-16,20-31H,4-7,11-14H2,1-3H3,(H,64,65)(H,66,67)(H,68,69)(H2,41,42,43)(H,45,52,55)(H,46,53,56)(H,47,54,57)(H2,58,59,60)(H2,61,62,63)/p-5/t20-,21-,22-,23-,24+,25+,26+,27+,28+,29+,30+,31+/m0/s1. The first kappa shape index (κ1) is 65.2. The molecule has 0 aliphatic carbocycles. The molecular formula is C40H49N11O30P5-5. The molecule has 86 heavy (non-hydrogen) atoms. The molecule has 17 atom stereocenters. The molecule has 4 aliphatic rings. The average Bonchev–Trinajstić information content (AvgIpc) is 2.25. The molecule has 41 nitrogen and oxygen atoms in total. The Kier molecular flexibility index (Phi) is 19.2. The summed E-state index contributed by atoms with van der Waals surface area (Å²) >= 11 is 0. The van der Waals surface area contributed by atoms with Crippen molar-refractivity contribution in [2.75, 3.05) is 32.2 Å². The van der Waals surface area contributed by atoms with Gasteiger partial charge in [0.15, 0.2) is 11.5 Å². The van der Waals surface area contributed by atoms with Crippen LogP contribution in [-0.4, -0.2) is 133 Å². The quantitative estimate of drug-likeness (QED) is 0.0315. The van der Waals surface area contributed by atoms with Crippen LogP contribution in [0.2, 0.25) is 0 Å². The zero-order valence-corrected chi connectivity index (χ0v) is 48.7. The highest BCUT2D eigenvalue weighted by Crippen LogP contribution is 2.51. The largest absolute Gasteiger partial charge is 0.756 e. The first-order valence-corrected chi connectivity index (χ1v) is 32.3. The lowest BCUT2D eigenvalue weighted by molar-refractivity contribution is -0.238. The van der Waals surface area contributed by atoms with Gasteiger partial charge in [-0.2, -0.15) is 0 Å². The van der Waals surface area contributed by atoms with E-state index in [0.29, 0.717) is 0 Å². The molecule has 46 heteroatoms. The summed E-state index contributed by atoms with van der Waals surface area (Å²) in [6.07, 6.45) is -16.7. The summed E-state index contributed by atoms with van der Waals surface area (Å²) in [4.78, 5) is 176. The summed E-state index contributed by atoms with van der Waals surface area (Å²) in [5.41, 5.74) is 0.526. The lowest BCUT2D eigenvalue weighted by atomic mass is 10.2. The highest BCUT2D eigenvalue weighted by atomic mass is 31.2. The highest BCUT2D eigenvalue weighted by molar-refractivity contribution is 7.46. The molecule has 4 saturated heterocycles. The first-order valence-electron chi connectivity index (χ1n) is 24.9. The maximum Gasteiger partial charge on any atom is 0.330 e. The third-order valence-corrected chi connectivity index (χ3v) is 17.4. The predicted octanol–water partition coefficient (Wildman–Crippen LogP) is -4.93. The molecule has 7 N–H and O–H groups in total. The van der Waals surface area contributed by atoms with Gasteiger partial charge < -0.3 is 95.1 Å². The van der Waals surface area contributed by atoms with Gasteiger partial charge in [0, 0.05) is 61.0 Å². The molecule has 5 unspecified atom stereocenters. The van der Waals surface area contributed by atoms with E-state index in [-0.39, 0.29) is 33.7 Å². The number of anilines is 1. The molecule has 0 saturated carbocycles. The third-order valence-electron chi connectivity index (χ3n) is 13.4. The third kappa shape index (κ3) is 15.8. The van der Waals surface area contributed by atoms with Gasteiger partial charge in [0.1, 0.15) is 61.2 Å². The van der Waals surface area contributed by atoms with E-state index in [4.69, 9.17) is 56.3 Å². The summed E-state index contributed by atoms with van der Waals surface area (Å²) in [6, 6.07) is 0. The van der Waals surface area contributed by atoms with Gasteiger partial charge in [0.25, 0.3) is 55.8 Å². The molecule has 5 aromatic rings. The van der Waals surface area contributed by atoms with E-state index in [1.54, 1.807) is 0 Å². The molecule has 4 fully saturated rings. The fourth-order valence-electron chi connectivity index (χ4n) is 9.43. The predicted molar refractivity (Wildman–Crippen MR) is 268 cm³/mol. The van der Waals surface area contributed by atoms with Crippen molar-refractivity contribution in [3.8, 4) is 0 Å². The Labute approximate surface area is 478 Å². The van der Waals surface area contributed by atoms with Crippen molar-refractivity contribution in [3.05, 3.63) is 110 Å². The van der Waals surface area contributed by atoms with Gasteiger partial charge in [0.05, 0.1) is 57.2 Å². The van der Waals surface area contributed by atoms with E-state index in [0.717, 1.165) is 38.6 Å². The van der Waals surface area contributed by atoms with Gasteiger partial charge in [-0.3, -0.25) is 70.4 Å². The number of phosphoric acid groups is 5. The molecular weight excluding hydrogens is 1270 g/mol. The van der Waals surface area contributed by atoms with Crippen molar-refractivity contribution in [2.24, 2.45) is 0 Å². The van der Waals surface area contributed by atoms with Crippen molar-refractivity contribution in [2.45, 2.75) is 120 Å². The molecule has 0 bridgehead atoms. The van der Waals surface area contributed by atoms with Gasteiger partial charge in [-0.15, -0.1) is 0 Å². The van der Waals surface area contributed by atoms with Crippen LogP contribution < -0.4 is 63.9 Å². The Bertz CT molecular complexity index is 3990. The van der Waals surface area contributed by atoms with Crippen molar-refractivity contribution < 1.29 is 112 Å². The number of aryl methyl sites for hydroxylation is 3. The van der Waals surface area contributed by atoms with Crippen LogP contribution in [0.1, 0.15) is 67.3 Å². The summed E-state index contributed by atoms with van der Waals surface area (Å²) in [5, 5.41) is 0. The second-order valence-corrected chi connectivity index (χ2v) is 25.9. The summed E-state index contributed by atoms with van der Waals surface area (Å²) in [5.74, 6) is -0.0873. The number of nitrogen functional groups attached to an aromatic ring is 1. The number of ether oxygens (including phenoxy) is 4. The maximum atomic E-state index is 13.9. The van der Waals surface area contributed by atoms with Crippen LogP contribution in [-0.2, 0) is 78.0 Å². The van der Waals surface area contributed by atoms with Crippen molar-refractivity contribution in [1.29, 1.82) is 0 Å². The number of aromatic amines is 3. The van der Waals surface area contributed by atoms with E-state index >= 15 is 0 Å². The van der Waals surface area contributed by atoms with Crippen LogP contribution in [0.15, 0.2) is 60.0 Å². The van der Waals surface area contributed by atoms with E-state index in [1.165, 1.54) is 31.7 Å². The molecule has 0 radical (unpaired) electrons. The normalized spacial score (nSPS) is 29.6. The maximum absolute atomic E-state index is 13.9. The van der Waals surface area contributed by atoms with Gasteiger partial charge >= 0.3 is 17.1 Å². The van der Waals surface area contributed by atoms with Crippen LogP contribution in [0.4, 0.5) is 5.82 Å².